The summed E-state index contributed by atoms with van der Waals surface area (Å²) in [5.41, 5.74) is 7.40. The molecule has 0 spiro atoms. The summed E-state index contributed by atoms with van der Waals surface area (Å²) in [4.78, 5) is 18.8. The van der Waals surface area contributed by atoms with Crippen LogP contribution in [0.4, 0.5) is 5.69 Å². The molecule has 6 heteroatoms. The topological polar surface area (TPSA) is 67.9 Å². The molecule has 104 valence electrons. The highest BCUT2D eigenvalue weighted by Crippen LogP contribution is 2.31. The first-order valence-corrected chi connectivity index (χ1v) is 7.25. The molecule has 2 heterocycles. The van der Waals surface area contributed by atoms with Gasteiger partial charge in [-0.15, -0.1) is 0 Å². The molecule has 1 saturated heterocycles. The van der Waals surface area contributed by atoms with Gasteiger partial charge in [-0.2, -0.15) is 4.99 Å². The summed E-state index contributed by atoms with van der Waals surface area (Å²) < 4.78 is 5.30. The van der Waals surface area contributed by atoms with Gasteiger partial charge in [0.05, 0.1) is 18.1 Å². The van der Waals surface area contributed by atoms with E-state index in [0.29, 0.717) is 23.8 Å². The lowest BCUT2D eigenvalue weighted by atomic mass is 10.1. The number of thioether (sulfide) groups is 1. The zero-order valence-electron chi connectivity index (χ0n) is 10.9. The third-order valence-electron chi connectivity index (χ3n) is 3.17. The molecule has 0 bridgehead atoms. The number of hydrogen-bond acceptors (Lipinski definition) is 5. The molecule has 5 nitrogen and oxygen atoms in total. The van der Waals surface area contributed by atoms with Crippen LogP contribution in [0, 0.1) is 0 Å². The monoisotopic (exact) mass is 289 g/mol. The van der Waals surface area contributed by atoms with E-state index in [1.54, 1.807) is 6.08 Å². The summed E-state index contributed by atoms with van der Waals surface area (Å²) in [6, 6.07) is 7.48. The number of rotatable bonds is 1. The molecule has 3 rings (SSSR count). The SMILES string of the molecule is Nc1ccccc1/C=C1\SC(N2CCOCC2)=NC1=O. The molecule has 0 atom stereocenters. The van der Waals surface area contributed by atoms with Gasteiger partial charge in [-0.1, -0.05) is 18.2 Å². The second-order valence-electron chi connectivity index (χ2n) is 4.54. The second kappa shape index (κ2) is 5.68. The maximum Gasteiger partial charge on any atom is 0.286 e. The Labute approximate surface area is 121 Å². The Morgan fingerprint density at radius 1 is 1.30 bits per heavy atom. The van der Waals surface area contributed by atoms with Crippen LogP contribution in [0.2, 0.25) is 0 Å². The molecule has 0 aliphatic carbocycles. The third-order valence-corrected chi connectivity index (χ3v) is 4.22. The number of aliphatic imine (C=N–C) groups is 1. The Hall–Kier alpha value is -1.79. The van der Waals surface area contributed by atoms with Crippen molar-refractivity contribution in [3.63, 3.8) is 0 Å². The smallest absolute Gasteiger partial charge is 0.286 e. The van der Waals surface area contributed by atoms with Gasteiger partial charge in [0, 0.05) is 18.8 Å². The molecule has 2 aliphatic heterocycles. The first-order chi connectivity index (χ1) is 9.74. The minimum absolute atomic E-state index is 0.195. The number of nitrogens with zero attached hydrogens (tertiary/aromatic N) is 2. The standard InChI is InChI=1S/C14H15N3O2S/c15-11-4-2-1-3-10(11)9-12-13(18)16-14(20-12)17-5-7-19-8-6-17/h1-4,9H,5-8,15H2/b12-9-. The van der Waals surface area contributed by atoms with E-state index in [4.69, 9.17) is 10.5 Å². The first-order valence-electron chi connectivity index (χ1n) is 6.44. The maximum absolute atomic E-state index is 12.0. The lowest BCUT2D eigenvalue weighted by Crippen LogP contribution is -2.38. The van der Waals surface area contributed by atoms with Crippen molar-refractivity contribution in [1.29, 1.82) is 0 Å². The van der Waals surface area contributed by atoms with Crippen molar-refractivity contribution >= 4 is 34.6 Å². The zero-order valence-corrected chi connectivity index (χ0v) is 11.7. The molecular weight excluding hydrogens is 274 g/mol. The predicted molar refractivity (Wildman–Crippen MR) is 81.3 cm³/mol. The van der Waals surface area contributed by atoms with Crippen molar-refractivity contribution in [2.24, 2.45) is 4.99 Å². The predicted octanol–water partition coefficient (Wildman–Crippen LogP) is 1.57. The highest BCUT2D eigenvalue weighted by atomic mass is 32.2. The van der Waals surface area contributed by atoms with Crippen molar-refractivity contribution in [2.75, 3.05) is 32.0 Å². The summed E-state index contributed by atoms with van der Waals surface area (Å²) in [6.07, 6.45) is 1.80. The normalized spacial score (nSPS) is 21.4. The number of anilines is 1. The van der Waals surface area contributed by atoms with E-state index in [0.717, 1.165) is 23.8 Å². The van der Waals surface area contributed by atoms with Crippen LogP contribution in [-0.4, -0.2) is 42.3 Å². The number of amides is 1. The van der Waals surface area contributed by atoms with Crippen molar-refractivity contribution in [2.45, 2.75) is 0 Å². The van der Waals surface area contributed by atoms with Gasteiger partial charge in [-0.05, 0) is 29.5 Å². The number of carbonyl (C=O) groups excluding carboxylic acids is 1. The van der Waals surface area contributed by atoms with Crippen LogP contribution in [0.1, 0.15) is 5.56 Å². The van der Waals surface area contributed by atoms with Crippen LogP contribution >= 0.6 is 11.8 Å². The molecule has 0 unspecified atom stereocenters. The fraction of sp³-hybridized carbons (Fsp3) is 0.286. The van der Waals surface area contributed by atoms with Gasteiger partial charge in [0.25, 0.3) is 5.91 Å². The molecule has 2 N–H and O–H groups in total. The number of nitrogens with two attached hydrogens (primary N) is 1. The number of morpholine rings is 1. The number of benzene rings is 1. The average molecular weight is 289 g/mol. The minimum Gasteiger partial charge on any atom is -0.398 e. The molecule has 1 amide bonds. The van der Waals surface area contributed by atoms with Gasteiger partial charge in [0.1, 0.15) is 0 Å². The molecule has 1 aromatic carbocycles. The highest BCUT2D eigenvalue weighted by Gasteiger charge is 2.27. The van der Waals surface area contributed by atoms with Crippen molar-refractivity contribution in [3.05, 3.63) is 34.7 Å². The Bertz CT molecular complexity index is 592. The van der Waals surface area contributed by atoms with Crippen molar-refractivity contribution in [3.8, 4) is 0 Å². The largest absolute Gasteiger partial charge is 0.398 e. The van der Waals surface area contributed by atoms with Crippen molar-refractivity contribution < 1.29 is 9.53 Å². The summed E-state index contributed by atoms with van der Waals surface area (Å²) in [6.45, 7) is 2.91. The molecule has 1 aromatic rings. The van der Waals surface area contributed by atoms with Crippen LogP contribution in [0.5, 0.6) is 0 Å². The quantitative estimate of drug-likeness (QED) is 0.628. The van der Waals surface area contributed by atoms with E-state index in [-0.39, 0.29) is 5.91 Å². The van der Waals surface area contributed by atoms with Gasteiger partial charge in [-0.3, -0.25) is 4.79 Å². The first kappa shape index (κ1) is 13.2. The molecule has 1 fully saturated rings. The van der Waals surface area contributed by atoms with E-state index < -0.39 is 0 Å². The second-order valence-corrected chi connectivity index (χ2v) is 5.55. The fourth-order valence-corrected chi connectivity index (χ4v) is 3.03. The Kier molecular flexibility index (Phi) is 3.75. The van der Waals surface area contributed by atoms with E-state index in [1.807, 2.05) is 24.3 Å². The van der Waals surface area contributed by atoms with Gasteiger partial charge in [0.15, 0.2) is 5.17 Å². The Morgan fingerprint density at radius 3 is 2.80 bits per heavy atom. The van der Waals surface area contributed by atoms with Crippen LogP contribution in [0.15, 0.2) is 34.2 Å². The van der Waals surface area contributed by atoms with E-state index in [2.05, 4.69) is 9.89 Å². The molecule has 0 saturated carbocycles. The summed E-state index contributed by atoms with van der Waals surface area (Å²) in [7, 11) is 0. The average Bonchev–Trinajstić information content (AvgIpc) is 2.84. The van der Waals surface area contributed by atoms with E-state index in [1.165, 1.54) is 11.8 Å². The number of ether oxygens (including phenoxy) is 1. The molecular formula is C14H15N3O2S. The Balaban J connectivity index is 1.78. The third kappa shape index (κ3) is 2.71. The summed E-state index contributed by atoms with van der Waals surface area (Å²) >= 11 is 1.41. The van der Waals surface area contributed by atoms with E-state index >= 15 is 0 Å². The van der Waals surface area contributed by atoms with Gasteiger partial charge in [-0.25, -0.2) is 0 Å². The highest BCUT2D eigenvalue weighted by molar-refractivity contribution is 8.18. The minimum atomic E-state index is -0.195. The molecule has 0 radical (unpaired) electrons. The zero-order chi connectivity index (χ0) is 13.9. The number of hydrogen-bond donors (Lipinski definition) is 1. The van der Waals surface area contributed by atoms with Gasteiger partial charge in [0.2, 0.25) is 0 Å². The van der Waals surface area contributed by atoms with Crippen LogP contribution in [0.3, 0.4) is 0 Å². The van der Waals surface area contributed by atoms with Crippen LogP contribution in [-0.2, 0) is 9.53 Å². The van der Waals surface area contributed by atoms with Gasteiger partial charge < -0.3 is 15.4 Å². The van der Waals surface area contributed by atoms with Crippen LogP contribution < -0.4 is 5.73 Å². The fourth-order valence-electron chi connectivity index (χ4n) is 2.07. The van der Waals surface area contributed by atoms with Gasteiger partial charge >= 0.3 is 0 Å². The Morgan fingerprint density at radius 2 is 2.05 bits per heavy atom. The maximum atomic E-state index is 12.0. The summed E-state index contributed by atoms with van der Waals surface area (Å²) in [5.74, 6) is -0.195. The van der Waals surface area contributed by atoms with E-state index in [9.17, 15) is 4.79 Å². The lowest BCUT2D eigenvalue weighted by molar-refractivity contribution is -0.113. The van der Waals surface area contributed by atoms with Crippen molar-refractivity contribution in [1.82, 2.24) is 4.90 Å². The number of amidine groups is 1. The number of nitrogen functional groups attached to an aromatic ring is 1. The number of carbonyl (C=O) groups is 1. The number of para-hydroxylation sites is 1. The molecule has 2 aliphatic rings. The molecule has 20 heavy (non-hydrogen) atoms. The molecule has 0 aromatic heterocycles. The van der Waals surface area contributed by atoms with Crippen LogP contribution in [0.25, 0.3) is 6.08 Å². The lowest BCUT2D eigenvalue weighted by Gasteiger charge is -2.27. The summed E-state index contributed by atoms with van der Waals surface area (Å²) in [5, 5.41) is 0.763.